The predicted molar refractivity (Wildman–Crippen MR) is 127 cm³/mol. The second-order valence-electron chi connectivity index (χ2n) is 8.01. The van der Waals surface area contributed by atoms with Gasteiger partial charge in [0.05, 0.1) is 16.8 Å². The molecule has 0 aliphatic heterocycles. The number of benzene rings is 3. The first kappa shape index (κ1) is 22.2. The molecular weight excluding hydrogens is 455 g/mol. The van der Waals surface area contributed by atoms with Crippen LogP contribution in [0.3, 0.4) is 0 Å². The summed E-state index contributed by atoms with van der Waals surface area (Å²) in [5, 5.41) is 0.629. The highest BCUT2D eigenvalue weighted by atomic mass is 19.4. The Morgan fingerprint density at radius 1 is 0.829 bits per heavy atom. The summed E-state index contributed by atoms with van der Waals surface area (Å²) >= 11 is 0. The van der Waals surface area contributed by atoms with Gasteiger partial charge in [-0.15, -0.1) is 0 Å². The average molecular weight is 473 g/mol. The van der Waals surface area contributed by atoms with Gasteiger partial charge in [0.15, 0.2) is 5.78 Å². The molecule has 35 heavy (non-hydrogen) atoms. The van der Waals surface area contributed by atoms with Crippen LogP contribution in [-0.2, 0) is 6.18 Å². The van der Waals surface area contributed by atoms with Crippen molar-refractivity contribution in [2.75, 3.05) is 5.73 Å². The fourth-order valence-electron chi connectivity index (χ4n) is 4.19. The Morgan fingerprint density at radius 2 is 1.54 bits per heavy atom. The molecule has 8 heteroatoms. The van der Waals surface area contributed by atoms with E-state index in [2.05, 4.69) is 9.97 Å². The van der Waals surface area contributed by atoms with Gasteiger partial charge in [-0.3, -0.25) is 9.59 Å². The van der Waals surface area contributed by atoms with Gasteiger partial charge in [0.1, 0.15) is 5.82 Å². The van der Waals surface area contributed by atoms with Gasteiger partial charge in [-0.1, -0.05) is 60.7 Å². The molecule has 4 N–H and O–H groups in total. The van der Waals surface area contributed by atoms with Gasteiger partial charge >= 0.3 is 6.18 Å². The molecule has 0 bridgehead atoms. The number of rotatable bonds is 5. The number of aromatic nitrogens is 2. The number of anilines is 1. The minimum absolute atomic E-state index is 0.0257. The van der Waals surface area contributed by atoms with Crippen LogP contribution >= 0.6 is 0 Å². The van der Waals surface area contributed by atoms with E-state index in [-0.39, 0.29) is 28.2 Å². The fraction of sp³-hybridized carbons (Fsp3) is 0.0370. The molecular formula is C27H18F3N3O2. The van der Waals surface area contributed by atoms with Crippen LogP contribution in [0.2, 0.25) is 0 Å². The van der Waals surface area contributed by atoms with E-state index in [0.717, 1.165) is 12.1 Å². The summed E-state index contributed by atoms with van der Waals surface area (Å²) in [7, 11) is 0. The van der Waals surface area contributed by atoms with Gasteiger partial charge in [0.2, 0.25) is 5.78 Å². The molecule has 0 spiro atoms. The Hall–Kier alpha value is -4.59. The van der Waals surface area contributed by atoms with Gasteiger partial charge in [0, 0.05) is 33.8 Å². The van der Waals surface area contributed by atoms with Gasteiger partial charge in [-0.2, -0.15) is 13.2 Å². The van der Waals surface area contributed by atoms with Crippen molar-refractivity contribution < 1.29 is 22.8 Å². The topological polar surface area (TPSA) is 91.7 Å². The Labute approximate surface area is 197 Å². The van der Waals surface area contributed by atoms with E-state index < -0.39 is 23.3 Å². The predicted octanol–water partition coefficient (Wildman–Crippen LogP) is 6.23. The van der Waals surface area contributed by atoms with Crippen molar-refractivity contribution in [1.29, 1.82) is 0 Å². The number of hydrogen-bond acceptors (Lipinski definition) is 3. The molecule has 0 saturated heterocycles. The molecule has 2 heterocycles. The largest absolute Gasteiger partial charge is 0.416 e. The number of para-hydroxylation sites is 1. The van der Waals surface area contributed by atoms with Crippen LogP contribution in [0.15, 0.2) is 85.1 Å². The summed E-state index contributed by atoms with van der Waals surface area (Å²) in [4.78, 5) is 32.9. The third-order valence-corrected chi connectivity index (χ3v) is 5.83. The van der Waals surface area contributed by atoms with Gasteiger partial charge in [0.25, 0.3) is 0 Å². The normalized spacial score (nSPS) is 11.6. The number of carbonyl (C=O) groups excluding carboxylic acids is 2. The summed E-state index contributed by atoms with van der Waals surface area (Å²) in [6.07, 6.45) is -3.09. The van der Waals surface area contributed by atoms with Crippen molar-refractivity contribution in [2.45, 2.75) is 6.18 Å². The molecule has 0 aliphatic carbocycles. The van der Waals surface area contributed by atoms with E-state index in [1.54, 1.807) is 48.5 Å². The van der Waals surface area contributed by atoms with Crippen LogP contribution < -0.4 is 5.73 Å². The zero-order chi connectivity index (χ0) is 24.7. The van der Waals surface area contributed by atoms with E-state index in [1.807, 2.05) is 6.07 Å². The van der Waals surface area contributed by atoms with Crippen LogP contribution in [0.25, 0.3) is 22.0 Å². The number of H-pyrrole nitrogens is 2. The number of ketones is 2. The van der Waals surface area contributed by atoms with Crippen LogP contribution in [0.1, 0.15) is 37.5 Å². The van der Waals surface area contributed by atoms with E-state index >= 15 is 0 Å². The second kappa shape index (κ2) is 8.32. The van der Waals surface area contributed by atoms with Crippen molar-refractivity contribution in [3.63, 3.8) is 0 Å². The molecule has 0 unspecified atom stereocenters. The number of nitrogens with two attached hydrogens (primary N) is 1. The summed E-state index contributed by atoms with van der Waals surface area (Å²) in [6.45, 7) is 0. The van der Waals surface area contributed by atoms with Crippen molar-refractivity contribution >= 4 is 28.3 Å². The SMILES string of the molecule is Nc1[nH]c(C(=O)c2ccccc2)c(-c2cccc(C(F)(F)F)c2)c1C(=O)c1c[nH]c2ccccc12. The lowest BCUT2D eigenvalue weighted by Gasteiger charge is -2.11. The lowest BCUT2D eigenvalue weighted by atomic mass is 9.92. The number of halogens is 3. The molecule has 3 aromatic carbocycles. The van der Waals surface area contributed by atoms with E-state index in [9.17, 15) is 22.8 Å². The van der Waals surface area contributed by atoms with Crippen molar-refractivity contribution in [2.24, 2.45) is 0 Å². The lowest BCUT2D eigenvalue weighted by Crippen LogP contribution is -2.08. The maximum absolute atomic E-state index is 13.7. The molecule has 0 fully saturated rings. The molecule has 0 amide bonds. The van der Waals surface area contributed by atoms with E-state index in [1.165, 1.54) is 18.3 Å². The molecule has 0 saturated carbocycles. The number of hydrogen-bond donors (Lipinski definition) is 3. The van der Waals surface area contributed by atoms with Crippen molar-refractivity contribution in [3.05, 3.63) is 113 Å². The van der Waals surface area contributed by atoms with Gasteiger partial charge < -0.3 is 15.7 Å². The monoisotopic (exact) mass is 473 g/mol. The van der Waals surface area contributed by atoms with Crippen LogP contribution in [0.5, 0.6) is 0 Å². The summed E-state index contributed by atoms with van der Waals surface area (Å²) < 4.78 is 40.5. The Kier molecular flexibility index (Phi) is 5.28. The van der Waals surface area contributed by atoms with Gasteiger partial charge in [-0.05, 0) is 23.8 Å². The minimum atomic E-state index is -4.61. The first-order valence-corrected chi connectivity index (χ1v) is 10.7. The van der Waals surface area contributed by atoms with Crippen LogP contribution in [0, 0.1) is 0 Å². The molecule has 0 radical (unpaired) electrons. The number of nitrogen functional groups attached to an aromatic ring is 1. The first-order valence-electron chi connectivity index (χ1n) is 10.7. The number of fused-ring (bicyclic) bond motifs is 1. The van der Waals surface area contributed by atoms with E-state index in [0.29, 0.717) is 22.0 Å². The molecule has 0 atom stereocenters. The van der Waals surface area contributed by atoms with E-state index in [4.69, 9.17) is 5.73 Å². The maximum Gasteiger partial charge on any atom is 0.416 e. The van der Waals surface area contributed by atoms with Crippen LogP contribution in [0.4, 0.5) is 19.0 Å². The zero-order valence-corrected chi connectivity index (χ0v) is 18.1. The van der Waals surface area contributed by atoms with Crippen molar-refractivity contribution in [1.82, 2.24) is 9.97 Å². The summed E-state index contributed by atoms with van der Waals surface area (Å²) in [6, 6.07) is 19.9. The average Bonchev–Trinajstić information content (AvgIpc) is 3.44. The van der Waals surface area contributed by atoms with Crippen LogP contribution in [-0.4, -0.2) is 21.5 Å². The molecule has 5 rings (SSSR count). The highest BCUT2D eigenvalue weighted by molar-refractivity contribution is 6.24. The second-order valence-corrected chi connectivity index (χ2v) is 8.01. The highest BCUT2D eigenvalue weighted by Gasteiger charge is 2.33. The first-order chi connectivity index (χ1) is 16.8. The quantitative estimate of drug-likeness (QED) is 0.264. The molecule has 174 valence electrons. The number of aromatic amines is 2. The standard InChI is InChI=1S/C27H18F3N3O2/c28-27(29,30)17-10-6-9-16(13-17)21-22(25(35)19-14-32-20-12-5-4-11-18(19)20)26(31)33-23(21)24(34)15-7-2-1-3-8-15/h1-14,32-33H,31H2. The summed E-state index contributed by atoms with van der Waals surface area (Å²) in [5.41, 5.74) is 6.56. The fourth-order valence-corrected chi connectivity index (χ4v) is 4.19. The Balaban J connectivity index is 1.76. The number of alkyl halides is 3. The maximum atomic E-state index is 13.7. The number of nitrogens with one attached hydrogen (secondary N) is 2. The highest BCUT2D eigenvalue weighted by Crippen LogP contribution is 2.38. The Bertz CT molecular complexity index is 1580. The smallest absolute Gasteiger partial charge is 0.385 e. The molecule has 2 aromatic heterocycles. The zero-order valence-electron chi connectivity index (χ0n) is 18.1. The third-order valence-electron chi connectivity index (χ3n) is 5.83. The summed E-state index contributed by atoms with van der Waals surface area (Å²) in [5.74, 6) is -1.12. The number of carbonyl (C=O) groups is 2. The third kappa shape index (κ3) is 3.89. The minimum Gasteiger partial charge on any atom is -0.385 e. The van der Waals surface area contributed by atoms with Crippen molar-refractivity contribution in [3.8, 4) is 11.1 Å². The molecule has 5 nitrogen and oxygen atoms in total. The Morgan fingerprint density at radius 3 is 2.29 bits per heavy atom. The molecule has 0 aliphatic rings. The van der Waals surface area contributed by atoms with Gasteiger partial charge in [-0.25, -0.2) is 0 Å². The lowest BCUT2D eigenvalue weighted by molar-refractivity contribution is -0.137. The molecule has 5 aromatic rings.